The summed E-state index contributed by atoms with van der Waals surface area (Å²) in [7, 11) is 0. The molecule has 1 fully saturated rings. The number of unbranched alkanes of at least 4 members (excludes halogenated alkanes) is 1. The number of benzene rings is 2. The number of ether oxygens (including phenoxy) is 1. The van der Waals surface area contributed by atoms with E-state index in [-0.39, 0.29) is 30.8 Å². The summed E-state index contributed by atoms with van der Waals surface area (Å²) in [5.41, 5.74) is 4.47. The van der Waals surface area contributed by atoms with Crippen LogP contribution in [0.1, 0.15) is 49.1 Å². The molecule has 2 bridgehead atoms. The van der Waals surface area contributed by atoms with Crippen molar-refractivity contribution < 1.29 is 24.2 Å². The van der Waals surface area contributed by atoms with Crippen LogP contribution in [0.4, 0.5) is 4.79 Å². The lowest BCUT2D eigenvalue weighted by molar-refractivity contribution is -0.139. The second-order valence-corrected chi connectivity index (χ2v) is 10.0. The Morgan fingerprint density at radius 2 is 1.64 bits per heavy atom. The lowest BCUT2D eigenvalue weighted by Crippen LogP contribution is -2.41. The summed E-state index contributed by atoms with van der Waals surface area (Å²) in [6, 6.07) is 15.1. The summed E-state index contributed by atoms with van der Waals surface area (Å²) in [6.07, 6.45) is 7.14. The standard InChI is InChI=1S/C29H32N2O5/c32-27(24-16-18-12-13-19(24)15-18)30-14-6-5-11-26(28(33)34)31-29(35)36-17-25-22-9-3-1-7-20(22)21-8-2-4-10-23(21)25/h1-4,7-10,12-13,18-19,24-26H,5-6,11,14-17H2,(H,30,32)(H,31,35)(H,33,34). The average Bonchev–Trinajstić information content (AvgIpc) is 3.60. The van der Waals surface area contributed by atoms with Crippen molar-refractivity contribution in [2.75, 3.05) is 13.2 Å². The number of carboxylic acids is 1. The van der Waals surface area contributed by atoms with Gasteiger partial charge in [-0.25, -0.2) is 9.59 Å². The monoisotopic (exact) mass is 488 g/mol. The van der Waals surface area contributed by atoms with Gasteiger partial charge in [0.1, 0.15) is 12.6 Å². The first-order valence-corrected chi connectivity index (χ1v) is 12.8. The van der Waals surface area contributed by atoms with Gasteiger partial charge in [-0.15, -0.1) is 0 Å². The first kappa shape index (κ1) is 24.1. The number of carboxylic acid groups (broad SMARTS) is 1. The zero-order valence-corrected chi connectivity index (χ0v) is 20.2. The van der Waals surface area contributed by atoms with Crippen molar-refractivity contribution in [1.29, 1.82) is 0 Å². The van der Waals surface area contributed by atoms with E-state index in [4.69, 9.17) is 4.74 Å². The quantitative estimate of drug-likeness (QED) is 0.338. The molecule has 36 heavy (non-hydrogen) atoms. The van der Waals surface area contributed by atoms with Crippen molar-refractivity contribution >= 4 is 18.0 Å². The Labute approximate surface area is 210 Å². The Bertz CT molecular complexity index is 1130. The Morgan fingerprint density at radius 3 is 2.25 bits per heavy atom. The fraction of sp³-hybridized carbons (Fsp3) is 0.414. The fourth-order valence-electron chi connectivity index (χ4n) is 5.94. The summed E-state index contributed by atoms with van der Waals surface area (Å²) in [6.45, 7) is 0.643. The van der Waals surface area contributed by atoms with Crippen LogP contribution in [0.5, 0.6) is 0 Å². The summed E-state index contributed by atoms with van der Waals surface area (Å²) >= 11 is 0. The Kier molecular flexibility index (Phi) is 7.07. The zero-order valence-electron chi connectivity index (χ0n) is 20.2. The van der Waals surface area contributed by atoms with E-state index in [9.17, 15) is 19.5 Å². The van der Waals surface area contributed by atoms with Gasteiger partial charge in [0, 0.05) is 18.4 Å². The molecule has 2 aromatic rings. The van der Waals surface area contributed by atoms with E-state index in [0.717, 1.165) is 35.1 Å². The summed E-state index contributed by atoms with van der Waals surface area (Å²) < 4.78 is 5.48. The molecule has 0 aromatic heterocycles. The lowest BCUT2D eigenvalue weighted by atomic mass is 9.93. The molecule has 2 aromatic carbocycles. The maximum atomic E-state index is 12.5. The van der Waals surface area contributed by atoms with E-state index in [2.05, 4.69) is 34.9 Å². The number of nitrogens with one attached hydrogen (secondary N) is 2. The number of amides is 2. The highest BCUT2D eigenvalue weighted by molar-refractivity contribution is 5.81. The normalized spacial score (nSPS) is 22.1. The molecule has 0 saturated heterocycles. The van der Waals surface area contributed by atoms with Crippen LogP contribution in [0, 0.1) is 17.8 Å². The number of alkyl carbamates (subject to hydrolysis) is 1. The first-order chi connectivity index (χ1) is 17.5. The predicted molar refractivity (Wildman–Crippen MR) is 135 cm³/mol. The van der Waals surface area contributed by atoms with Crippen LogP contribution >= 0.6 is 0 Å². The lowest BCUT2D eigenvalue weighted by Gasteiger charge is -2.18. The van der Waals surface area contributed by atoms with Crippen molar-refractivity contribution in [2.45, 2.75) is 44.1 Å². The van der Waals surface area contributed by atoms with E-state index in [1.807, 2.05) is 36.4 Å². The van der Waals surface area contributed by atoms with Crippen molar-refractivity contribution in [1.82, 2.24) is 10.6 Å². The summed E-state index contributed by atoms with van der Waals surface area (Å²) in [4.78, 5) is 36.6. The van der Waals surface area contributed by atoms with Crippen molar-refractivity contribution in [3.63, 3.8) is 0 Å². The summed E-state index contributed by atoms with van der Waals surface area (Å²) in [5.74, 6) is -0.0961. The molecule has 3 aliphatic carbocycles. The molecule has 188 valence electrons. The van der Waals surface area contributed by atoms with E-state index in [0.29, 0.717) is 31.2 Å². The second kappa shape index (κ2) is 10.6. The second-order valence-electron chi connectivity index (χ2n) is 10.0. The van der Waals surface area contributed by atoms with Gasteiger partial charge in [-0.1, -0.05) is 60.7 Å². The number of hydrogen-bond donors (Lipinski definition) is 3. The summed E-state index contributed by atoms with van der Waals surface area (Å²) in [5, 5.41) is 15.0. The molecule has 3 aliphatic rings. The minimum absolute atomic E-state index is 0.0713. The highest BCUT2D eigenvalue weighted by Crippen LogP contribution is 2.45. The fourth-order valence-corrected chi connectivity index (χ4v) is 5.94. The number of carbonyl (C=O) groups excluding carboxylic acids is 2. The largest absolute Gasteiger partial charge is 0.480 e. The maximum Gasteiger partial charge on any atom is 0.407 e. The van der Waals surface area contributed by atoms with Crippen LogP contribution in [0.2, 0.25) is 0 Å². The van der Waals surface area contributed by atoms with Gasteiger partial charge in [0.2, 0.25) is 5.91 Å². The van der Waals surface area contributed by atoms with Gasteiger partial charge in [0.05, 0.1) is 0 Å². The number of aliphatic carboxylic acids is 1. The molecule has 0 heterocycles. The Morgan fingerprint density at radius 1 is 0.944 bits per heavy atom. The number of rotatable bonds is 10. The Balaban J connectivity index is 1.06. The topological polar surface area (TPSA) is 105 Å². The molecule has 0 radical (unpaired) electrons. The van der Waals surface area contributed by atoms with Gasteiger partial charge in [-0.05, 0) is 66.2 Å². The van der Waals surface area contributed by atoms with Crippen molar-refractivity contribution in [2.24, 2.45) is 17.8 Å². The third kappa shape index (κ3) is 5.01. The van der Waals surface area contributed by atoms with E-state index in [1.165, 1.54) is 0 Å². The van der Waals surface area contributed by atoms with Crippen LogP contribution in [0.25, 0.3) is 11.1 Å². The number of fused-ring (bicyclic) bond motifs is 5. The number of allylic oxidation sites excluding steroid dienone is 2. The Hall–Kier alpha value is -3.61. The highest BCUT2D eigenvalue weighted by atomic mass is 16.5. The average molecular weight is 489 g/mol. The molecule has 4 unspecified atom stereocenters. The van der Waals surface area contributed by atoms with Gasteiger partial charge in [0.25, 0.3) is 0 Å². The van der Waals surface area contributed by atoms with Gasteiger partial charge in [0.15, 0.2) is 0 Å². The predicted octanol–water partition coefficient (Wildman–Crippen LogP) is 4.48. The highest BCUT2D eigenvalue weighted by Gasteiger charge is 2.39. The van der Waals surface area contributed by atoms with Crippen molar-refractivity contribution in [3.05, 3.63) is 71.8 Å². The molecular weight excluding hydrogens is 456 g/mol. The molecule has 7 nitrogen and oxygen atoms in total. The number of carbonyl (C=O) groups is 3. The van der Waals surface area contributed by atoms with Crippen LogP contribution in [0.15, 0.2) is 60.7 Å². The molecule has 5 rings (SSSR count). The molecule has 7 heteroatoms. The van der Waals surface area contributed by atoms with Gasteiger partial charge >= 0.3 is 12.1 Å². The minimum Gasteiger partial charge on any atom is -0.480 e. The van der Waals surface area contributed by atoms with E-state index < -0.39 is 18.1 Å². The first-order valence-electron chi connectivity index (χ1n) is 12.8. The maximum absolute atomic E-state index is 12.5. The van der Waals surface area contributed by atoms with Gasteiger partial charge < -0.3 is 20.5 Å². The number of hydrogen-bond acceptors (Lipinski definition) is 4. The smallest absolute Gasteiger partial charge is 0.407 e. The minimum atomic E-state index is -1.10. The molecule has 0 aliphatic heterocycles. The SMILES string of the molecule is O=C(NC(CCCCNC(=O)C1CC2C=CC1C2)C(=O)O)OCC1c2ccccc2-c2ccccc21. The third-order valence-corrected chi connectivity index (χ3v) is 7.77. The van der Waals surface area contributed by atoms with Gasteiger partial charge in [-0.3, -0.25) is 4.79 Å². The van der Waals surface area contributed by atoms with E-state index in [1.54, 1.807) is 0 Å². The van der Waals surface area contributed by atoms with Crippen LogP contribution in [-0.2, 0) is 14.3 Å². The molecule has 3 N–H and O–H groups in total. The molecule has 1 saturated carbocycles. The van der Waals surface area contributed by atoms with Crippen LogP contribution < -0.4 is 10.6 Å². The van der Waals surface area contributed by atoms with Crippen LogP contribution in [0.3, 0.4) is 0 Å². The zero-order chi connectivity index (χ0) is 25.1. The van der Waals surface area contributed by atoms with E-state index >= 15 is 0 Å². The molecular formula is C29H32N2O5. The third-order valence-electron chi connectivity index (χ3n) is 7.77. The molecule has 0 spiro atoms. The molecule has 2 amide bonds. The van der Waals surface area contributed by atoms with Crippen LogP contribution in [-0.4, -0.2) is 42.3 Å². The van der Waals surface area contributed by atoms with Crippen molar-refractivity contribution in [3.8, 4) is 11.1 Å². The molecule has 4 atom stereocenters. The van der Waals surface area contributed by atoms with Gasteiger partial charge in [-0.2, -0.15) is 0 Å².